The van der Waals surface area contributed by atoms with Crippen molar-refractivity contribution in [3.63, 3.8) is 0 Å². The van der Waals surface area contributed by atoms with Crippen molar-refractivity contribution in [3.8, 4) is 0 Å². The van der Waals surface area contributed by atoms with Crippen LogP contribution in [0, 0.1) is 6.92 Å². The molecule has 0 amide bonds. The van der Waals surface area contributed by atoms with Gasteiger partial charge in [0.1, 0.15) is 0 Å². The molecule has 0 saturated carbocycles. The number of carbonyl (C=O) groups excluding carboxylic acids is 1. The maximum Gasteiger partial charge on any atom is 0.330 e. The second-order valence-electron chi connectivity index (χ2n) is 5.40. The minimum absolute atomic E-state index is 0.336. The second kappa shape index (κ2) is 7.74. The van der Waals surface area contributed by atoms with Crippen LogP contribution in [0.2, 0.25) is 0 Å². The van der Waals surface area contributed by atoms with Gasteiger partial charge in [0.25, 0.3) is 0 Å². The molecule has 0 aliphatic heterocycles. The summed E-state index contributed by atoms with van der Waals surface area (Å²) in [6.45, 7) is 6.46. The number of esters is 1. The van der Waals surface area contributed by atoms with Crippen molar-refractivity contribution in [3.05, 3.63) is 47.2 Å². The number of pyridine rings is 1. The van der Waals surface area contributed by atoms with Gasteiger partial charge >= 0.3 is 5.97 Å². The molecule has 116 valence electrons. The van der Waals surface area contributed by atoms with Crippen molar-refractivity contribution in [2.24, 2.45) is 0 Å². The average Bonchev–Trinajstić information content (AvgIpc) is 2.51. The topological polar surface area (TPSA) is 39.2 Å². The van der Waals surface area contributed by atoms with Crippen LogP contribution in [-0.2, 0) is 16.0 Å². The van der Waals surface area contributed by atoms with E-state index >= 15 is 0 Å². The molecule has 0 N–H and O–H groups in total. The zero-order chi connectivity index (χ0) is 15.9. The Morgan fingerprint density at radius 1 is 1.27 bits per heavy atom. The van der Waals surface area contributed by atoms with Gasteiger partial charge in [-0.1, -0.05) is 19.4 Å². The van der Waals surface area contributed by atoms with Crippen LogP contribution >= 0.6 is 0 Å². The number of aryl methyl sites for hydroxylation is 2. The molecule has 0 bridgehead atoms. The lowest BCUT2D eigenvalue weighted by molar-refractivity contribution is -0.137. The first-order chi connectivity index (χ1) is 10.6. The summed E-state index contributed by atoms with van der Waals surface area (Å²) in [5.41, 5.74) is 4.27. The van der Waals surface area contributed by atoms with Crippen LogP contribution in [-0.4, -0.2) is 17.6 Å². The Kier molecular flexibility index (Phi) is 5.70. The zero-order valence-corrected chi connectivity index (χ0v) is 13.6. The number of unbranched alkanes of at least 4 members (excludes halogenated alkanes) is 1. The Labute approximate surface area is 132 Å². The largest absolute Gasteiger partial charge is 0.463 e. The SMILES string of the molecule is CCCCc1ccc2nc(/C=C/C(=O)OCC)cc(C)c2c1. The van der Waals surface area contributed by atoms with E-state index in [0.29, 0.717) is 6.61 Å². The lowest BCUT2D eigenvalue weighted by Gasteiger charge is -2.07. The van der Waals surface area contributed by atoms with Crippen LogP contribution in [0.1, 0.15) is 43.5 Å². The Bertz CT molecular complexity index is 689. The smallest absolute Gasteiger partial charge is 0.330 e. The van der Waals surface area contributed by atoms with Crippen LogP contribution in [0.15, 0.2) is 30.3 Å². The zero-order valence-electron chi connectivity index (χ0n) is 13.6. The van der Waals surface area contributed by atoms with Crippen molar-refractivity contribution in [1.29, 1.82) is 0 Å². The number of nitrogens with zero attached hydrogens (tertiary/aromatic N) is 1. The van der Waals surface area contributed by atoms with E-state index in [2.05, 4.69) is 37.0 Å². The molecule has 0 fully saturated rings. The lowest BCUT2D eigenvalue weighted by Crippen LogP contribution is -1.99. The molecule has 1 aromatic heterocycles. The van der Waals surface area contributed by atoms with Gasteiger partial charge in [0.15, 0.2) is 0 Å². The third kappa shape index (κ3) is 4.17. The van der Waals surface area contributed by atoms with Crippen LogP contribution < -0.4 is 0 Å². The van der Waals surface area contributed by atoms with Crippen molar-refractivity contribution in [2.75, 3.05) is 6.61 Å². The number of hydrogen-bond donors (Lipinski definition) is 0. The number of carbonyl (C=O) groups is 1. The standard InChI is InChI=1S/C19H23NO2/c1-4-6-7-15-8-10-18-17(13-15)14(3)12-16(20-18)9-11-19(21)22-5-2/h8-13H,4-7H2,1-3H3/b11-9+. The Morgan fingerprint density at radius 3 is 2.82 bits per heavy atom. The fourth-order valence-electron chi connectivity index (χ4n) is 2.43. The molecule has 3 heteroatoms. The Balaban J connectivity index is 2.27. The minimum atomic E-state index is -0.336. The molecule has 22 heavy (non-hydrogen) atoms. The molecule has 0 spiro atoms. The number of benzene rings is 1. The molecule has 3 nitrogen and oxygen atoms in total. The summed E-state index contributed by atoms with van der Waals surface area (Å²) in [5.74, 6) is -0.336. The molecule has 2 aromatic rings. The molecule has 0 saturated heterocycles. The molecule has 0 atom stereocenters. The third-order valence-corrected chi connectivity index (χ3v) is 3.60. The molecule has 1 heterocycles. The molecule has 0 unspecified atom stereocenters. The minimum Gasteiger partial charge on any atom is -0.463 e. The molecule has 1 aromatic carbocycles. The number of hydrogen-bond acceptors (Lipinski definition) is 3. The van der Waals surface area contributed by atoms with Gasteiger partial charge in [0, 0.05) is 11.5 Å². The van der Waals surface area contributed by atoms with E-state index in [4.69, 9.17) is 4.74 Å². The normalized spacial score (nSPS) is 11.2. The summed E-state index contributed by atoms with van der Waals surface area (Å²) in [4.78, 5) is 16.0. The van der Waals surface area contributed by atoms with Gasteiger partial charge in [-0.3, -0.25) is 0 Å². The second-order valence-corrected chi connectivity index (χ2v) is 5.40. The highest BCUT2D eigenvalue weighted by Crippen LogP contribution is 2.21. The highest BCUT2D eigenvalue weighted by atomic mass is 16.5. The summed E-state index contributed by atoms with van der Waals surface area (Å²) in [7, 11) is 0. The Morgan fingerprint density at radius 2 is 2.09 bits per heavy atom. The van der Waals surface area contributed by atoms with Gasteiger partial charge in [-0.25, -0.2) is 9.78 Å². The summed E-state index contributed by atoms with van der Waals surface area (Å²) in [5, 5.41) is 1.18. The van der Waals surface area contributed by atoms with E-state index < -0.39 is 0 Å². The van der Waals surface area contributed by atoms with Crippen LogP contribution in [0.25, 0.3) is 17.0 Å². The van der Waals surface area contributed by atoms with Gasteiger partial charge in [0.2, 0.25) is 0 Å². The maximum atomic E-state index is 11.4. The molecule has 0 aliphatic carbocycles. The van der Waals surface area contributed by atoms with Crippen molar-refractivity contribution in [1.82, 2.24) is 4.98 Å². The highest BCUT2D eigenvalue weighted by molar-refractivity contribution is 5.88. The molecule has 0 aliphatic rings. The summed E-state index contributed by atoms with van der Waals surface area (Å²) in [6, 6.07) is 8.44. The first-order valence-electron chi connectivity index (χ1n) is 7.89. The van der Waals surface area contributed by atoms with Gasteiger partial charge in [-0.15, -0.1) is 0 Å². The van der Waals surface area contributed by atoms with E-state index in [0.717, 1.165) is 17.6 Å². The first kappa shape index (κ1) is 16.2. The van der Waals surface area contributed by atoms with E-state index in [-0.39, 0.29) is 5.97 Å². The van der Waals surface area contributed by atoms with E-state index in [1.54, 1.807) is 13.0 Å². The van der Waals surface area contributed by atoms with Gasteiger partial charge < -0.3 is 4.74 Å². The fourth-order valence-corrected chi connectivity index (χ4v) is 2.43. The van der Waals surface area contributed by atoms with E-state index in [1.807, 2.05) is 6.07 Å². The number of ether oxygens (including phenoxy) is 1. The van der Waals surface area contributed by atoms with Crippen LogP contribution in [0.4, 0.5) is 0 Å². The van der Waals surface area contributed by atoms with Crippen molar-refractivity contribution < 1.29 is 9.53 Å². The van der Waals surface area contributed by atoms with E-state index in [1.165, 1.54) is 35.4 Å². The van der Waals surface area contributed by atoms with Gasteiger partial charge in [-0.05, 0) is 62.1 Å². The quantitative estimate of drug-likeness (QED) is 0.583. The van der Waals surface area contributed by atoms with Gasteiger partial charge in [0.05, 0.1) is 17.8 Å². The maximum absolute atomic E-state index is 11.4. The highest BCUT2D eigenvalue weighted by Gasteiger charge is 2.04. The molecular formula is C19H23NO2. The number of aromatic nitrogens is 1. The third-order valence-electron chi connectivity index (χ3n) is 3.60. The lowest BCUT2D eigenvalue weighted by atomic mass is 10.0. The molecular weight excluding hydrogens is 274 g/mol. The van der Waals surface area contributed by atoms with Gasteiger partial charge in [-0.2, -0.15) is 0 Å². The van der Waals surface area contributed by atoms with Crippen molar-refractivity contribution in [2.45, 2.75) is 40.0 Å². The average molecular weight is 297 g/mol. The summed E-state index contributed by atoms with van der Waals surface area (Å²) in [6.07, 6.45) is 6.64. The molecule has 2 rings (SSSR count). The predicted octanol–water partition coefficient (Wildman–Crippen LogP) is 4.46. The van der Waals surface area contributed by atoms with E-state index in [9.17, 15) is 4.79 Å². The number of rotatable bonds is 6. The monoisotopic (exact) mass is 297 g/mol. The van der Waals surface area contributed by atoms with Crippen molar-refractivity contribution >= 4 is 22.9 Å². The fraction of sp³-hybridized carbons (Fsp3) is 0.368. The van der Waals surface area contributed by atoms with Crippen LogP contribution in [0.5, 0.6) is 0 Å². The molecule has 0 radical (unpaired) electrons. The van der Waals surface area contributed by atoms with Crippen LogP contribution in [0.3, 0.4) is 0 Å². The summed E-state index contributed by atoms with van der Waals surface area (Å²) >= 11 is 0. The summed E-state index contributed by atoms with van der Waals surface area (Å²) < 4.78 is 4.88. The predicted molar refractivity (Wildman–Crippen MR) is 90.8 cm³/mol. The Hall–Kier alpha value is -2.16. The number of fused-ring (bicyclic) bond motifs is 1. The first-order valence-corrected chi connectivity index (χ1v) is 7.89.